The molecule has 0 unspecified atom stereocenters. The number of nitrogen functional groups attached to an aromatic ring is 1. The van der Waals surface area contributed by atoms with Gasteiger partial charge in [-0.25, -0.2) is 19.9 Å². The van der Waals surface area contributed by atoms with Crippen molar-refractivity contribution in [1.82, 2.24) is 24.5 Å². The zero-order valence-electron chi connectivity index (χ0n) is 21.6. The Morgan fingerprint density at radius 2 is 1.85 bits per heavy atom. The number of fused-ring (bicyclic) bond motifs is 2. The molecule has 41 heavy (non-hydrogen) atoms. The summed E-state index contributed by atoms with van der Waals surface area (Å²) in [5, 5.41) is 8.95. The Labute approximate surface area is 234 Å². The number of nitrogens with zero attached hydrogens (tertiary/aromatic N) is 5. The number of hydrogen-bond donors (Lipinski definition) is 3. The Bertz CT molecular complexity index is 1960. The molecule has 206 valence electrons. The van der Waals surface area contributed by atoms with E-state index in [1.54, 1.807) is 36.7 Å². The molecule has 6 aromatic rings. The summed E-state index contributed by atoms with van der Waals surface area (Å²) in [7, 11) is 0. The zero-order chi connectivity index (χ0) is 28.9. The van der Waals surface area contributed by atoms with Crippen molar-refractivity contribution in [2.75, 3.05) is 16.4 Å². The molecule has 4 heterocycles. The second-order valence-corrected chi connectivity index (χ2v) is 10.2. The summed E-state index contributed by atoms with van der Waals surface area (Å²) in [4.78, 5) is 30.0. The number of rotatable bonds is 5. The molecule has 0 saturated carbocycles. The van der Waals surface area contributed by atoms with E-state index in [1.165, 1.54) is 34.8 Å². The van der Waals surface area contributed by atoms with Crippen LogP contribution in [0.15, 0.2) is 66.8 Å². The van der Waals surface area contributed by atoms with Gasteiger partial charge in [-0.15, -0.1) is 11.3 Å². The van der Waals surface area contributed by atoms with E-state index in [0.717, 1.165) is 17.7 Å². The van der Waals surface area contributed by atoms with E-state index >= 15 is 0 Å². The fourth-order valence-electron chi connectivity index (χ4n) is 4.54. The van der Waals surface area contributed by atoms with Crippen LogP contribution in [0.3, 0.4) is 0 Å². The highest BCUT2D eigenvalue weighted by molar-refractivity contribution is 7.18. The molecule has 0 saturated heterocycles. The van der Waals surface area contributed by atoms with Crippen molar-refractivity contribution >= 4 is 61.2 Å². The van der Waals surface area contributed by atoms with Crippen LogP contribution in [0.4, 0.5) is 36.2 Å². The number of carbonyl (C=O) groups excluding carboxylic acids is 1. The molecule has 9 nitrogen and oxygen atoms in total. The number of hydrogen-bond acceptors (Lipinski definition) is 8. The average molecular weight is 575 g/mol. The topological polar surface area (TPSA) is 124 Å². The lowest BCUT2D eigenvalue weighted by atomic mass is 10.0. The van der Waals surface area contributed by atoms with Crippen LogP contribution in [0.5, 0.6) is 0 Å². The van der Waals surface area contributed by atoms with Crippen molar-refractivity contribution in [3.05, 3.63) is 89.2 Å². The Hall–Kier alpha value is -5.04. The minimum atomic E-state index is -4.57. The van der Waals surface area contributed by atoms with E-state index in [2.05, 4.69) is 30.6 Å². The van der Waals surface area contributed by atoms with Gasteiger partial charge in [0.1, 0.15) is 18.0 Å². The van der Waals surface area contributed by atoms with Gasteiger partial charge >= 0.3 is 6.18 Å². The van der Waals surface area contributed by atoms with E-state index in [0.29, 0.717) is 55.3 Å². The summed E-state index contributed by atoms with van der Waals surface area (Å²) < 4.78 is 43.5. The maximum absolute atomic E-state index is 13.8. The predicted octanol–water partition coefficient (Wildman–Crippen LogP) is 6.64. The number of amides is 1. The third kappa shape index (κ3) is 4.91. The molecular formula is C28H21F3N8OS. The van der Waals surface area contributed by atoms with E-state index in [-0.39, 0.29) is 11.6 Å². The van der Waals surface area contributed by atoms with Crippen LogP contribution >= 0.6 is 11.3 Å². The Morgan fingerprint density at radius 1 is 1.02 bits per heavy atom. The van der Waals surface area contributed by atoms with Crippen LogP contribution in [-0.4, -0.2) is 30.4 Å². The normalized spacial score (nSPS) is 11.7. The number of thiophene rings is 1. The van der Waals surface area contributed by atoms with Gasteiger partial charge in [-0.2, -0.15) is 13.2 Å². The number of nitrogens with two attached hydrogens (primary N) is 1. The molecule has 4 aromatic heterocycles. The molecule has 4 N–H and O–H groups in total. The van der Waals surface area contributed by atoms with Gasteiger partial charge in [0.2, 0.25) is 0 Å². The maximum Gasteiger partial charge on any atom is 0.416 e. The van der Waals surface area contributed by atoms with E-state index in [1.807, 2.05) is 13.0 Å². The van der Waals surface area contributed by atoms with Crippen molar-refractivity contribution in [3.8, 4) is 5.69 Å². The lowest BCUT2D eigenvalue weighted by Crippen LogP contribution is -2.13. The fraction of sp³-hybridized carbons (Fsp3) is 0.107. The summed E-state index contributed by atoms with van der Waals surface area (Å²) in [6, 6.07) is 9.02. The standard InChI is InChI=1S/C28H21F3N8OS/c1-14-3-4-20-19(22(14)38-27(40)21-11-41-24-23(21)34-12-35-25(24)32)5-6-33-26(20)37-17-7-16(28(29,30)31)8-18(9-17)39-10-15(2)36-13-39/h3-13H,1-2H3,(H,33,37)(H,38,40)(H2,32,34,35). The van der Waals surface area contributed by atoms with E-state index < -0.39 is 11.7 Å². The minimum Gasteiger partial charge on any atom is -0.382 e. The van der Waals surface area contributed by atoms with Crippen LogP contribution in [0, 0.1) is 13.8 Å². The lowest BCUT2D eigenvalue weighted by molar-refractivity contribution is -0.137. The number of nitrogens with one attached hydrogen (secondary N) is 2. The molecule has 0 aliphatic rings. The molecule has 0 fully saturated rings. The molecule has 6 rings (SSSR count). The Kier molecular flexibility index (Phi) is 6.30. The molecular weight excluding hydrogens is 553 g/mol. The molecule has 0 aliphatic heterocycles. The van der Waals surface area contributed by atoms with Crippen molar-refractivity contribution < 1.29 is 18.0 Å². The van der Waals surface area contributed by atoms with Crippen molar-refractivity contribution in [2.45, 2.75) is 20.0 Å². The van der Waals surface area contributed by atoms with Crippen LogP contribution in [0.25, 0.3) is 26.7 Å². The third-order valence-corrected chi connectivity index (χ3v) is 7.53. The summed E-state index contributed by atoms with van der Waals surface area (Å²) >= 11 is 1.28. The smallest absolute Gasteiger partial charge is 0.382 e. The summed E-state index contributed by atoms with van der Waals surface area (Å²) in [6.07, 6.45) is 1.37. The number of alkyl halides is 3. The summed E-state index contributed by atoms with van der Waals surface area (Å²) in [5.41, 5.74) is 8.39. The number of pyridine rings is 1. The van der Waals surface area contributed by atoms with Crippen molar-refractivity contribution in [1.29, 1.82) is 0 Å². The monoisotopic (exact) mass is 574 g/mol. The first-order chi connectivity index (χ1) is 19.6. The number of benzene rings is 2. The highest BCUT2D eigenvalue weighted by Gasteiger charge is 2.31. The van der Waals surface area contributed by atoms with Gasteiger partial charge < -0.3 is 20.9 Å². The molecule has 0 bridgehead atoms. The second-order valence-electron chi connectivity index (χ2n) is 9.37. The molecule has 13 heteroatoms. The second kappa shape index (κ2) is 9.86. The van der Waals surface area contributed by atoms with Crippen LogP contribution in [-0.2, 0) is 6.18 Å². The number of aryl methyl sites for hydroxylation is 2. The maximum atomic E-state index is 13.8. The first kappa shape index (κ1) is 26.2. The van der Waals surface area contributed by atoms with Crippen molar-refractivity contribution in [2.24, 2.45) is 0 Å². The Morgan fingerprint density at radius 3 is 2.61 bits per heavy atom. The fourth-order valence-corrected chi connectivity index (χ4v) is 5.44. The third-order valence-electron chi connectivity index (χ3n) is 6.54. The van der Waals surface area contributed by atoms with Gasteiger partial charge in [0.15, 0.2) is 0 Å². The molecule has 0 spiro atoms. The van der Waals surface area contributed by atoms with Crippen LogP contribution in [0.1, 0.15) is 27.2 Å². The zero-order valence-corrected chi connectivity index (χ0v) is 22.4. The number of carbonyl (C=O) groups is 1. The van der Waals surface area contributed by atoms with Gasteiger partial charge in [0, 0.05) is 39.9 Å². The first-order valence-corrected chi connectivity index (χ1v) is 13.1. The Balaban J connectivity index is 1.39. The number of anilines is 4. The quantitative estimate of drug-likeness (QED) is 0.211. The highest BCUT2D eigenvalue weighted by atomic mass is 32.1. The van der Waals surface area contributed by atoms with Crippen LogP contribution < -0.4 is 16.4 Å². The van der Waals surface area contributed by atoms with Gasteiger partial charge in [-0.05, 0) is 43.7 Å². The predicted molar refractivity (Wildman–Crippen MR) is 153 cm³/mol. The summed E-state index contributed by atoms with van der Waals surface area (Å²) in [6.45, 7) is 3.60. The van der Waals surface area contributed by atoms with Gasteiger partial charge in [-0.1, -0.05) is 12.1 Å². The van der Waals surface area contributed by atoms with Gasteiger partial charge in [-0.3, -0.25) is 4.79 Å². The molecule has 1 amide bonds. The van der Waals surface area contributed by atoms with Gasteiger partial charge in [0.25, 0.3) is 5.91 Å². The first-order valence-electron chi connectivity index (χ1n) is 12.3. The van der Waals surface area contributed by atoms with Crippen molar-refractivity contribution in [3.63, 3.8) is 0 Å². The lowest BCUT2D eigenvalue weighted by Gasteiger charge is -2.16. The number of imidazole rings is 1. The SMILES string of the molecule is Cc1cn(-c2cc(Nc3nccc4c(NC(=O)c5csc6c(N)ncnc56)c(C)ccc34)cc(C(F)(F)F)c2)cn1. The average Bonchev–Trinajstić information content (AvgIpc) is 3.57. The van der Waals surface area contributed by atoms with E-state index in [4.69, 9.17) is 5.73 Å². The minimum absolute atomic E-state index is 0.189. The molecule has 0 atom stereocenters. The molecule has 2 aromatic carbocycles. The summed E-state index contributed by atoms with van der Waals surface area (Å²) in [5.74, 6) is 0.240. The van der Waals surface area contributed by atoms with Gasteiger partial charge in [0.05, 0.1) is 39.1 Å². The van der Waals surface area contributed by atoms with E-state index in [9.17, 15) is 18.0 Å². The van der Waals surface area contributed by atoms with Crippen LogP contribution in [0.2, 0.25) is 0 Å². The number of aromatic nitrogens is 5. The molecule has 0 radical (unpaired) electrons. The largest absolute Gasteiger partial charge is 0.416 e. The highest BCUT2D eigenvalue weighted by Crippen LogP contribution is 2.36. The number of halogens is 3. The molecule has 0 aliphatic carbocycles.